The van der Waals surface area contributed by atoms with E-state index in [0.717, 1.165) is 6.42 Å². The van der Waals surface area contributed by atoms with Gasteiger partial charge in [0.2, 0.25) is 0 Å². The zero-order valence-corrected chi connectivity index (χ0v) is 15.5. The average molecular weight is 386 g/mol. The summed E-state index contributed by atoms with van der Waals surface area (Å²) in [5.41, 5.74) is -4.88. The smallest absolute Gasteiger partial charge is 0.459 e. The zero-order chi connectivity index (χ0) is 18.3. The van der Waals surface area contributed by atoms with Crippen LogP contribution in [0, 0.1) is 11.8 Å². The predicted molar refractivity (Wildman–Crippen MR) is 86.5 cm³/mol. The third kappa shape index (κ3) is 4.51. The highest BCUT2D eigenvalue weighted by Gasteiger charge is 2.52. The first kappa shape index (κ1) is 19.7. The molecule has 2 bridgehead atoms. The molecule has 2 saturated carbocycles. The van der Waals surface area contributed by atoms with Crippen molar-refractivity contribution >= 4 is 23.2 Å². The summed E-state index contributed by atoms with van der Waals surface area (Å²) in [6.45, 7) is 6.73. The van der Waals surface area contributed by atoms with Gasteiger partial charge >= 0.3 is 11.5 Å². The van der Waals surface area contributed by atoms with Gasteiger partial charge in [0.05, 0.1) is 0 Å². The van der Waals surface area contributed by atoms with Gasteiger partial charge in [-0.2, -0.15) is 13.2 Å². The summed E-state index contributed by atoms with van der Waals surface area (Å²) in [6, 6.07) is 0. The fraction of sp³-hybridized carbons (Fsp3) is 0.800. The normalized spacial score (nSPS) is 34.3. The fourth-order valence-corrected chi connectivity index (χ4v) is 8.31. The first-order valence-electron chi connectivity index (χ1n) is 7.78. The van der Waals surface area contributed by atoms with E-state index in [2.05, 4.69) is 6.58 Å². The molecule has 4 nitrogen and oxygen atoms in total. The van der Waals surface area contributed by atoms with Gasteiger partial charge in [-0.1, -0.05) is 13.5 Å². The van der Waals surface area contributed by atoms with Gasteiger partial charge in [0, 0.05) is 13.4 Å². The average Bonchev–Trinajstić information content (AvgIpc) is 2.33. The molecule has 2 rings (SSSR count). The van der Waals surface area contributed by atoms with Crippen LogP contribution < -0.4 is 0 Å². The minimum atomic E-state index is -5.19. The topological polar surface area (TPSA) is 60.4 Å². The highest BCUT2D eigenvalue weighted by atomic mass is 32.8. The lowest BCUT2D eigenvalue weighted by atomic mass is 9.67. The Labute approximate surface area is 141 Å². The number of carbonyl (C=O) groups is 1. The minimum absolute atomic E-state index is 0.0846. The Morgan fingerprint density at radius 1 is 1.21 bits per heavy atom. The Hall–Kier alpha value is -0.620. The van der Waals surface area contributed by atoms with Crippen molar-refractivity contribution in [3.63, 3.8) is 0 Å². The summed E-state index contributed by atoms with van der Waals surface area (Å²) in [5.74, 6) is -0.285. The molecule has 0 amide bonds. The van der Waals surface area contributed by atoms with Crippen LogP contribution in [-0.2, 0) is 19.0 Å². The summed E-state index contributed by atoms with van der Waals surface area (Å²) < 4.78 is 66.5. The second kappa shape index (κ2) is 6.60. The van der Waals surface area contributed by atoms with E-state index in [1.54, 1.807) is 13.8 Å². The molecule has 2 fully saturated rings. The first-order valence-corrected chi connectivity index (χ1v) is 11.0. The Bertz CT molecular complexity index is 615. The number of fused-ring (bicyclic) bond motifs is 2. The fourth-order valence-electron chi connectivity index (χ4n) is 4.01. The van der Waals surface area contributed by atoms with E-state index in [9.17, 15) is 26.4 Å². The molecule has 0 aromatic heterocycles. The maximum absolute atomic E-state index is 12.7. The van der Waals surface area contributed by atoms with E-state index in [-0.39, 0.29) is 17.9 Å². The molecule has 0 aromatic carbocycles. The molecule has 0 aromatic rings. The molecule has 0 heterocycles. The number of ether oxygens (including phenoxy) is 1. The molecule has 3 unspecified atom stereocenters. The largest absolute Gasteiger partial charge is 0.500 e. The Balaban J connectivity index is 2.04. The Morgan fingerprint density at radius 2 is 1.71 bits per heavy atom. The second-order valence-electron chi connectivity index (χ2n) is 7.27. The lowest BCUT2D eigenvalue weighted by Crippen LogP contribution is -2.42. The van der Waals surface area contributed by atoms with Crippen molar-refractivity contribution in [3.05, 3.63) is 12.2 Å². The molecular formula is C15H22F3O4PS. The van der Waals surface area contributed by atoms with Crippen LogP contribution >= 0.6 is 7.78 Å². The zero-order valence-electron chi connectivity index (χ0n) is 13.6. The van der Waals surface area contributed by atoms with Crippen LogP contribution in [0.2, 0.25) is 0 Å². The summed E-state index contributed by atoms with van der Waals surface area (Å²) >= 11 is 0. The second-order valence-corrected chi connectivity index (χ2v) is 12.4. The molecule has 0 aliphatic heterocycles. The lowest BCUT2D eigenvalue weighted by molar-refractivity contribution is -0.148. The number of carbonyl (C=O) groups excluding carboxylic acids is 1. The minimum Gasteiger partial charge on any atom is -0.459 e. The van der Waals surface area contributed by atoms with E-state index in [4.69, 9.17) is 4.74 Å². The molecule has 0 N–H and O–H groups in total. The third-order valence-corrected chi connectivity index (χ3v) is 9.40. The Kier molecular flexibility index (Phi) is 5.42. The van der Waals surface area contributed by atoms with Crippen molar-refractivity contribution in [2.45, 2.75) is 62.7 Å². The van der Waals surface area contributed by atoms with Crippen molar-refractivity contribution < 1.29 is 31.1 Å². The van der Waals surface area contributed by atoms with Gasteiger partial charge in [0.25, 0.3) is 9.46 Å². The molecule has 0 spiro atoms. The number of halogens is 3. The standard InChI is InChI=1S/C15H22F3O4PS/c1-9(2)13(19)22-12-5-10-4-11(6-12)8-14(3,7-10)23-24(20,21)15(16,17)18/h10-12,23H,1,4-8H2,2-3H3. The predicted octanol–water partition coefficient (Wildman–Crippen LogP) is 3.97. The van der Waals surface area contributed by atoms with Crippen LogP contribution in [0.3, 0.4) is 0 Å². The third-order valence-electron chi connectivity index (χ3n) is 4.65. The highest BCUT2D eigenvalue weighted by Crippen LogP contribution is 2.57. The quantitative estimate of drug-likeness (QED) is 0.417. The number of hydrogen-bond acceptors (Lipinski definition) is 4. The summed E-state index contributed by atoms with van der Waals surface area (Å²) in [4.78, 5) is 11.6. The van der Waals surface area contributed by atoms with Crippen LogP contribution in [0.4, 0.5) is 13.2 Å². The Morgan fingerprint density at radius 3 is 2.12 bits per heavy atom. The lowest BCUT2D eigenvalue weighted by Gasteiger charge is -2.47. The van der Waals surface area contributed by atoms with Gasteiger partial charge in [-0.05, 0) is 56.0 Å². The first-order chi connectivity index (χ1) is 10.8. The van der Waals surface area contributed by atoms with Crippen molar-refractivity contribution in [1.82, 2.24) is 0 Å². The summed E-state index contributed by atoms with van der Waals surface area (Å²) in [6.07, 6.45) is 2.57. The van der Waals surface area contributed by atoms with E-state index in [1.807, 2.05) is 0 Å². The van der Waals surface area contributed by atoms with Crippen LogP contribution in [0.5, 0.6) is 0 Å². The van der Waals surface area contributed by atoms with Crippen LogP contribution in [0.25, 0.3) is 0 Å². The number of esters is 1. The molecule has 24 heavy (non-hydrogen) atoms. The van der Waals surface area contributed by atoms with Gasteiger partial charge in [0.1, 0.15) is 6.10 Å². The number of rotatable bonds is 4. The van der Waals surface area contributed by atoms with Gasteiger partial charge in [-0.25, -0.2) is 13.2 Å². The molecule has 2 aliphatic rings. The van der Waals surface area contributed by atoms with Crippen LogP contribution in [0.15, 0.2) is 12.2 Å². The maximum Gasteiger partial charge on any atom is 0.500 e. The number of hydrogen-bond donors (Lipinski definition) is 0. The molecule has 3 atom stereocenters. The van der Waals surface area contributed by atoms with Crippen LogP contribution in [-0.4, -0.2) is 31.2 Å². The highest BCUT2D eigenvalue weighted by molar-refractivity contribution is 8.44. The maximum atomic E-state index is 12.7. The van der Waals surface area contributed by atoms with E-state index in [0.29, 0.717) is 31.3 Å². The number of alkyl halides is 3. The van der Waals surface area contributed by atoms with Gasteiger partial charge < -0.3 is 4.74 Å². The van der Waals surface area contributed by atoms with E-state index in [1.165, 1.54) is 0 Å². The molecule has 138 valence electrons. The van der Waals surface area contributed by atoms with Gasteiger partial charge in [-0.15, -0.1) is 0 Å². The van der Waals surface area contributed by atoms with E-state index < -0.39 is 33.9 Å². The van der Waals surface area contributed by atoms with Crippen molar-refractivity contribution in [2.75, 3.05) is 0 Å². The molecule has 0 radical (unpaired) electrons. The molecule has 2 aliphatic carbocycles. The van der Waals surface area contributed by atoms with Gasteiger partial charge in [0.15, 0.2) is 0 Å². The molecule has 0 saturated heterocycles. The van der Waals surface area contributed by atoms with Crippen molar-refractivity contribution in [1.29, 1.82) is 0 Å². The van der Waals surface area contributed by atoms with Crippen molar-refractivity contribution in [3.8, 4) is 0 Å². The summed E-state index contributed by atoms with van der Waals surface area (Å²) in [7, 11) is -6.27. The summed E-state index contributed by atoms with van der Waals surface area (Å²) in [5, 5.41) is -0.856. The van der Waals surface area contributed by atoms with Crippen molar-refractivity contribution in [2.24, 2.45) is 11.8 Å². The van der Waals surface area contributed by atoms with Gasteiger partial charge in [-0.3, -0.25) is 0 Å². The monoisotopic (exact) mass is 386 g/mol. The SMILES string of the molecule is C=C(C)C(=O)OC1CC2CC(C1)CC(C)(PS(=O)(=O)C(F)(F)F)C2. The molecular weight excluding hydrogens is 364 g/mol. The van der Waals surface area contributed by atoms with E-state index >= 15 is 0 Å². The molecule has 9 heteroatoms. The van der Waals surface area contributed by atoms with Crippen LogP contribution in [0.1, 0.15) is 46.0 Å².